The molecule has 1 aromatic heterocycles. The van der Waals surface area contributed by atoms with Crippen molar-refractivity contribution in [3.63, 3.8) is 0 Å². The third-order valence-electron chi connectivity index (χ3n) is 2.96. The van der Waals surface area contributed by atoms with Gasteiger partial charge in [-0.25, -0.2) is 0 Å². The summed E-state index contributed by atoms with van der Waals surface area (Å²) in [4.78, 5) is 11.9. The summed E-state index contributed by atoms with van der Waals surface area (Å²) in [5, 5.41) is 3.89. The van der Waals surface area contributed by atoms with Crippen LogP contribution in [0.15, 0.2) is 34.2 Å². The Morgan fingerprint density at radius 1 is 1.33 bits per heavy atom. The van der Waals surface area contributed by atoms with Gasteiger partial charge >= 0.3 is 6.61 Å². The molecule has 0 aliphatic carbocycles. The maximum atomic E-state index is 12.4. The Morgan fingerprint density at radius 2 is 2.04 bits per heavy atom. The van der Waals surface area contributed by atoms with Gasteiger partial charge in [-0.05, 0) is 36.2 Å². The van der Waals surface area contributed by atoms with E-state index < -0.39 is 12.2 Å². The lowest BCUT2D eigenvalue weighted by Crippen LogP contribution is -2.19. The SMILES string of the molecule is COc1cc(/C=N\n2c(N)cc(C)cc2=O)cc(Cl)c1OC(F)F. The van der Waals surface area contributed by atoms with E-state index in [9.17, 15) is 13.6 Å². The summed E-state index contributed by atoms with van der Waals surface area (Å²) in [6.07, 6.45) is 1.30. The average molecular weight is 358 g/mol. The van der Waals surface area contributed by atoms with E-state index in [1.165, 1.54) is 31.5 Å². The molecular weight excluding hydrogens is 344 g/mol. The highest BCUT2D eigenvalue weighted by Crippen LogP contribution is 2.37. The summed E-state index contributed by atoms with van der Waals surface area (Å²) in [5.41, 5.74) is 6.46. The van der Waals surface area contributed by atoms with Gasteiger partial charge in [0.05, 0.1) is 18.3 Å². The maximum absolute atomic E-state index is 12.4. The van der Waals surface area contributed by atoms with Crippen molar-refractivity contribution in [1.82, 2.24) is 4.68 Å². The number of nitrogens with two attached hydrogens (primary N) is 1. The summed E-state index contributed by atoms with van der Waals surface area (Å²) in [7, 11) is 1.29. The summed E-state index contributed by atoms with van der Waals surface area (Å²) >= 11 is 5.93. The second kappa shape index (κ2) is 7.31. The Bertz CT molecular complexity index is 837. The zero-order valence-corrected chi connectivity index (χ0v) is 13.6. The molecule has 0 saturated carbocycles. The minimum atomic E-state index is -3.04. The van der Waals surface area contributed by atoms with E-state index in [4.69, 9.17) is 22.1 Å². The Kier molecular flexibility index (Phi) is 5.40. The first kappa shape index (κ1) is 17.7. The lowest BCUT2D eigenvalue weighted by Gasteiger charge is -2.12. The fraction of sp³-hybridized carbons (Fsp3) is 0.200. The molecule has 0 radical (unpaired) electrons. The monoisotopic (exact) mass is 357 g/mol. The van der Waals surface area contributed by atoms with E-state index in [-0.39, 0.29) is 22.3 Å². The predicted molar refractivity (Wildman–Crippen MR) is 87.5 cm³/mol. The zero-order chi connectivity index (χ0) is 17.9. The van der Waals surface area contributed by atoms with E-state index >= 15 is 0 Å². The smallest absolute Gasteiger partial charge is 0.387 e. The van der Waals surface area contributed by atoms with E-state index in [1.807, 2.05) is 0 Å². The normalized spacial score (nSPS) is 11.2. The van der Waals surface area contributed by atoms with E-state index in [0.717, 1.165) is 4.68 Å². The number of anilines is 1. The van der Waals surface area contributed by atoms with Gasteiger partial charge < -0.3 is 15.2 Å². The van der Waals surface area contributed by atoms with Gasteiger partial charge in [-0.2, -0.15) is 18.6 Å². The van der Waals surface area contributed by atoms with E-state index in [0.29, 0.717) is 11.1 Å². The summed E-state index contributed by atoms with van der Waals surface area (Å²) in [6.45, 7) is -1.31. The fourth-order valence-electron chi connectivity index (χ4n) is 1.98. The second-order valence-electron chi connectivity index (χ2n) is 4.76. The van der Waals surface area contributed by atoms with Crippen LogP contribution in [0.4, 0.5) is 14.6 Å². The van der Waals surface area contributed by atoms with Crippen molar-refractivity contribution < 1.29 is 18.3 Å². The van der Waals surface area contributed by atoms with Crippen molar-refractivity contribution in [3.05, 3.63) is 50.8 Å². The van der Waals surface area contributed by atoms with Crippen LogP contribution in [0.25, 0.3) is 0 Å². The van der Waals surface area contributed by atoms with Gasteiger partial charge in [0.2, 0.25) is 0 Å². The van der Waals surface area contributed by atoms with Crippen molar-refractivity contribution >= 4 is 23.6 Å². The van der Waals surface area contributed by atoms with Crippen LogP contribution in [0.1, 0.15) is 11.1 Å². The molecule has 0 atom stereocenters. The van der Waals surface area contributed by atoms with Crippen molar-refractivity contribution in [2.75, 3.05) is 12.8 Å². The lowest BCUT2D eigenvalue weighted by molar-refractivity contribution is -0.0511. The number of pyridine rings is 1. The third kappa shape index (κ3) is 4.02. The number of aromatic nitrogens is 1. The molecule has 0 amide bonds. The highest BCUT2D eigenvalue weighted by molar-refractivity contribution is 6.32. The van der Waals surface area contributed by atoms with Crippen LogP contribution in [0.3, 0.4) is 0 Å². The molecule has 0 unspecified atom stereocenters. The van der Waals surface area contributed by atoms with Crippen LogP contribution < -0.4 is 20.8 Å². The van der Waals surface area contributed by atoms with Crippen LogP contribution in [0.2, 0.25) is 5.02 Å². The van der Waals surface area contributed by atoms with Crippen LogP contribution in [-0.2, 0) is 0 Å². The molecule has 1 heterocycles. The van der Waals surface area contributed by atoms with Gasteiger partial charge in [0.1, 0.15) is 5.82 Å². The fourth-order valence-corrected chi connectivity index (χ4v) is 2.25. The number of ether oxygens (including phenoxy) is 2. The number of halogens is 3. The molecule has 128 valence electrons. The van der Waals surface area contributed by atoms with E-state index in [2.05, 4.69) is 9.84 Å². The molecular formula is C15H14ClF2N3O3. The molecule has 0 aliphatic heterocycles. The number of hydrogen-bond acceptors (Lipinski definition) is 5. The van der Waals surface area contributed by atoms with Crippen molar-refractivity contribution in [2.45, 2.75) is 13.5 Å². The number of aryl methyl sites for hydroxylation is 1. The van der Waals surface area contributed by atoms with Crippen molar-refractivity contribution in [2.24, 2.45) is 5.10 Å². The first-order chi connectivity index (χ1) is 11.3. The summed E-state index contributed by atoms with van der Waals surface area (Å²) < 4.78 is 35.1. The second-order valence-corrected chi connectivity index (χ2v) is 5.17. The molecule has 2 N–H and O–H groups in total. The molecule has 6 nitrogen and oxygen atoms in total. The number of nitrogen functional groups attached to an aromatic ring is 1. The molecule has 0 saturated heterocycles. The van der Waals surface area contributed by atoms with Crippen LogP contribution in [-0.4, -0.2) is 24.6 Å². The van der Waals surface area contributed by atoms with Crippen molar-refractivity contribution in [3.8, 4) is 11.5 Å². The highest BCUT2D eigenvalue weighted by atomic mass is 35.5. The zero-order valence-electron chi connectivity index (χ0n) is 12.8. The third-order valence-corrected chi connectivity index (χ3v) is 3.24. The molecule has 2 aromatic rings. The number of methoxy groups -OCH3 is 1. The molecule has 1 aromatic carbocycles. The molecule has 0 aliphatic rings. The number of alkyl halides is 2. The number of hydrogen-bond donors (Lipinski definition) is 1. The van der Waals surface area contributed by atoms with Gasteiger partial charge in [0.15, 0.2) is 11.5 Å². The van der Waals surface area contributed by atoms with Crippen LogP contribution >= 0.6 is 11.6 Å². The number of nitrogens with zero attached hydrogens (tertiary/aromatic N) is 2. The maximum Gasteiger partial charge on any atom is 0.387 e. The minimum Gasteiger partial charge on any atom is -0.493 e. The lowest BCUT2D eigenvalue weighted by atomic mass is 10.2. The quantitative estimate of drug-likeness (QED) is 0.834. The Labute approximate surface area is 141 Å². The molecule has 9 heteroatoms. The van der Waals surface area contributed by atoms with Gasteiger partial charge in [-0.3, -0.25) is 4.79 Å². The summed E-state index contributed by atoms with van der Waals surface area (Å²) in [6, 6.07) is 5.70. The molecule has 0 fully saturated rings. The largest absolute Gasteiger partial charge is 0.493 e. The number of benzene rings is 1. The van der Waals surface area contributed by atoms with E-state index in [1.54, 1.807) is 13.0 Å². The average Bonchev–Trinajstić information content (AvgIpc) is 2.48. The van der Waals surface area contributed by atoms with Gasteiger partial charge in [-0.1, -0.05) is 11.6 Å². The molecule has 24 heavy (non-hydrogen) atoms. The molecule has 2 rings (SSSR count). The van der Waals surface area contributed by atoms with Gasteiger partial charge in [0.25, 0.3) is 5.56 Å². The molecule has 0 spiro atoms. The topological polar surface area (TPSA) is 78.8 Å². The number of rotatable bonds is 5. The Morgan fingerprint density at radius 3 is 2.62 bits per heavy atom. The molecule has 0 bridgehead atoms. The summed E-state index contributed by atoms with van der Waals surface area (Å²) in [5.74, 6) is -0.112. The first-order valence-electron chi connectivity index (χ1n) is 6.67. The van der Waals surface area contributed by atoms with Gasteiger partial charge in [-0.15, -0.1) is 0 Å². The minimum absolute atomic E-state index is 0.00785. The Hall–Kier alpha value is -2.61. The standard InChI is InChI=1S/C15H14ClF2N3O3/c1-8-3-12(19)21(13(22)4-8)20-7-9-5-10(16)14(24-15(17)18)11(6-9)23-2/h3-7,15H,19H2,1-2H3/b20-7-. The van der Waals surface area contributed by atoms with Crippen molar-refractivity contribution in [1.29, 1.82) is 0 Å². The predicted octanol–water partition coefficient (Wildman–Crippen LogP) is 2.88. The van der Waals surface area contributed by atoms with Gasteiger partial charge in [0, 0.05) is 6.07 Å². The first-order valence-corrected chi connectivity index (χ1v) is 7.05. The Balaban J connectivity index is 2.41. The van der Waals surface area contributed by atoms with Crippen LogP contribution in [0, 0.1) is 6.92 Å². The highest BCUT2D eigenvalue weighted by Gasteiger charge is 2.15. The van der Waals surface area contributed by atoms with Crippen LogP contribution in [0.5, 0.6) is 11.5 Å².